The Kier molecular flexibility index (Phi) is 3.92. The molecule has 0 bridgehead atoms. The predicted octanol–water partition coefficient (Wildman–Crippen LogP) is 2.44. The summed E-state index contributed by atoms with van der Waals surface area (Å²) in [7, 11) is 3.48. The van der Waals surface area contributed by atoms with E-state index in [1.807, 2.05) is 25.2 Å². The van der Waals surface area contributed by atoms with Crippen molar-refractivity contribution in [2.24, 2.45) is 11.8 Å². The van der Waals surface area contributed by atoms with Crippen LogP contribution >= 0.6 is 15.9 Å². The van der Waals surface area contributed by atoms with E-state index in [1.165, 1.54) is 0 Å². The smallest absolute Gasteiger partial charge is 0.306 e. The third-order valence-corrected chi connectivity index (χ3v) is 4.05. The van der Waals surface area contributed by atoms with Crippen LogP contribution in [-0.4, -0.2) is 25.2 Å². The molecule has 1 saturated carbocycles. The average Bonchev–Trinajstić information content (AvgIpc) is 3.11. The van der Waals surface area contributed by atoms with Gasteiger partial charge >= 0.3 is 5.97 Å². The average molecular weight is 314 g/mol. The lowest BCUT2D eigenvalue weighted by Crippen LogP contribution is -2.20. The van der Waals surface area contributed by atoms with Gasteiger partial charge in [-0.05, 0) is 53.0 Å². The Morgan fingerprint density at radius 3 is 2.78 bits per heavy atom. The number of hydrogen-bond donors (Lipinski definition) is 2. The molecule has 98 valence electrons. The Balaban J connectivity index is 2.19. The largest absolute Gasteiger partial charge is 0.496 e. The first-order valence-electron chi connectivity index (χ1n) is 5.82. The molecular formula is C13H16BrNO3. The highest BCUT2D eigenvalue weighted by atomic mass is 79.9. The molecule has 2 rings (SSSR count). The summed E-state index contributed by atoms with van der Waals surface area (Å²) in [5.41, 5.74) is 1.08. The van der Waals surface area contributed by atoms with Crippen molar-refractivity contribution >= 4 is 21.9 Å². The van der Waals surface area contributed by atoms with Gasteiger partial charge in [0, 0.05) is 6.04 Å². The number of benzene rings is 1. The van der Waals surface area contributed by atoms with Crippen LogP contribution in [0, 0.1) is 11.8 Å². The van der Waals surface area contributed by atoms with Crippen molar-refractivity contribution < 1.29 is 14.6 Å². The molecule has 5 heteroatoms. The minimum absolute atomic E-state index is 0.0771. The summed E-state index contributed by atoms with van der Waals surface area (Å²) in [6.45, 7) is 0. The van der Waals surface area contributed by atoms with Crippen molar-refractivity contribution in [2.45, 2.75) is 12.5 Å². The fourth-order valence-electron chi connectivity index (χ4n) is 2.37. The molecule has 1 aliphatic rings. The third-order valence-electron chi connectivity index (χ3n) is 3.43. The van der Waals surface area contributed by atoms with Gasteiger partial charge < -0.3 is 15.2 Å². The Hall–Kier alpha value is -1.07. The SMILES string of the molecule is CNC(c1ccc(OC)c(Br)c1)C1CC1C(=O)O. The van der Waals surface area contributed by atoms with Crippen LogP contribution in [0.25, 0.3) is 0 Å². The van der Waals surface area contributed by atoms with Crippen molar-refractivity contribution in [1.82, 2.24) is 5.32 Å². The van der Waals surface area contributed by atoms with E-state index in [0.29, 0.717) is 0 Å². The van der Waals surface area contributed by atoms with Crippen molar-refractivity contribution in [3.8, 4) is 5.75 Å². The summed E-state index contributed by atoms with van der Waals surface area (Å²) < 4.78 is 6.07. The normalized spacial score (nSPS) is 23.5. The molecule has 0 saturated heterocycles. The minimum atomic E-state index is -0.701. The summed E-state index contributed by atoms with van der Waals surface area (Å²) in [5, 5.41) is 12.2. The van der Waals surface area contributed by atoms with Gasteiger partial charge in [-0.15, -0.1) is 0 Å². The molecule has 3 unspecified atom stereocenters. The van der Waals surface area contributed by atoms with Gasteiger partial charge in [0.15, 0.2) is 0 Å². The zero-order chi connectivity index (χ0) is 13.3. The van der Waals surface area contributed by atoms with E-state index in [2.05, 4.69) is 21.2 Å². The second-order valence-electron chi connectivity index (χ2n) is 4.50. The van der Waals surface area contributed by atoms with Crippen LogP contribution in [-0.2, 0) is 4.79 Å². The van der Waals surface area contributed by atoms with E-state index in [-0.39, 0.29) is 17.9 Å². The van der Waals surface area contributed by atoms with Crippen molar-refractivity contribution in [3.05, 3.63) is 28.2 Å². The minimum Gasteiger partial charge on any atom is -0.496 e. The first kappa shape index (κ1) is 13.4. The van der Waals surface area contributed by atoms with Crippen molar-refractivity contribution in [2.75, 3.05) is 14.2 Å². The first-order chi connectivity index (χ1) is 8.58. The number of carbonyl (C=O) groups is 1. The maximum Gasteiger partial charge on any atom is 0.306 e. The number of hydrogen-bond acceptors (Lipinski definition) is 3. The molecule has 1 aromatic rings. The van der Waals surface area contributed by atoms with Crippen LogP contribution in [0.4, 0.5) is 0 Å². The number of carboxylic acids is 1. The summed E-state index contributed by atoms with van der Waals surface area (Å²) in [6, 6.07) is 5.93. The number of carboxylic acid groups (broad SMARTS) is 1. The number of rotatable bonds is 5. The van der Waals surface area contributed by atoms with Crippen LogP contribution in [0.15, 0.2) is 22.7 Å². The van der Waals surface area contributed by atoms with Crippen LogP contribution in [0.2, 0.25) is 0 Å². The second-order valence-corrected chi connectivity index (χ2v) is 5.36. The van der Waals surface area contributed by atoms with E-state index >= 15 is 0 Å². The fourth-order valence-corrected chi connectivity index (χ4v) is 2.93. The third kappa shape index (κ3) is 2.52. The highest BCUT2D eigenvalue weighted by molar-refractivity contribution is 9.10. The highest BCUT2D eigenvalue weighted by Crippen LogP contribution is 2.48. The van der Waals surface area contributed by atoms with Gasteiger partial charge in [0.2, 0.25) is 0 Å². The maximum atomic E-state index is 10.9. The Morgan fingerprint density at radius 1 is 1.61 bits per heavy atom. The van der Waals surface area contributed by atoms with E-state index in [0.717, 1.165) is 22.2 Å². The maximum absolute atomic E-state index is 10.9. The monoisotopic (exact) mass is 313 g/mol. The van der Waals surface area contributed by atoms with Gasteiger partial charge in [-0.25, -0.2) is 0 Å². The summed E-state index contributed by atoms with van der Waals surface area (Å²) in [5.74, 6) is 0.0307. The van der Waals surface area contributed by atoms with Crippen molar-refractivity contribution in [3.63, 3.8) is 0 Å². The summed E-state index contributed by atoms with van der Waals surface area (Å²) >= 11 is 3.45. The number of methoxy groups -OCH3 is 1. The van der Waals surface area contributed by atoms with Gasteiger partial charge in [-0.1, -0.05) is 6.07 Å². The summed E-state index contributed by atoms with van der Waals surface area (Å²) in [6.07, 6.45) is 0.741. The predicted molar refractivity (Wildman–Crippen MR) is 71.7 cm³/mol. The quantitative estimate of drug-likeness (QED) is 0.876. The van der Waals surface area contributed by atoms with E-state index in [1.54, 1.807) is 7.11 Å². The number of halogens is 1. The number of nitrogens with one attached hydrogen (secondary N) is 1. The highest BCUT2D eigenvalue weighted by Gasteiger charge is 2.47. The molecule has 0 radical (unpaired) electrons. The van der Waals surface area contributed by atoms with Crippen molar-refractivity contribution in [1.29, 1.82) is 0 Å². The molecule has 3 atom stereocenters. The number of aliphatic carboxylic acids is 1. The molecule has 2 N–H and O–H groups in total. The molecule has 1 fully saturated rings. The molecule has 18 heavy (non-hydrogen) atoms. The zero-order valence-electron chi connectivity index (χ0n) is 10.3. The molecular weight excluding hydrogens is 298 g/mol. The molecule has 0 spiro atoms. The lowest BCUT2D eigenvalue weighted by Gasteiger charge is -2.17. The van der Waals surface area contributed by atoms with Crippen LogP contribution in [0.3, 0.4) is 0 Å². The Bertz CT molecular complexity index is 464. The molecule has 4 nitrogen and oxygen atoms in total. The van der Waals surface area contributed by atoms with E-state index < -0.39 is 5.97 Å². The Labute approximate surface area is 114 Å². The van der Waals surface area contributed by atoms with Gasteiger partial charge in [0.05, 0.1) is 17.5 Å². The van der Waals surface area contributed by atoms with Crippen LogP contribution in [0.5, 0.6) is 5.75 Å². The first-order valence-corrected chi connectivity index (χ1v) is 6.61. The molecule has 1 aliphatic carbocycles. The Morgan fingerprint density at radius 2 is 2.33 bits per heavy atom. The van der Waals surface area contributed by atoms with Gasteiger partial charge in [-0.2, -0.15) is 0 Å². The molecule has 0 amide bonds. The van der Waals surface area contributed by atoms with Crippen LogP contribution in [0.1, 0.15) is 18.0 Å². The molecule has 1 aromatic carbocycles. The zero-order valence-corrected chi connectivity index (χ0v) is 11.9. The van der Waals surface area contributed by atoms with E-state index in [4.69, 9.17) is 9.84 Å². The number of ether oxygens (including phenoxy) is 1. The second kappa shape index (κ2) is 5.28. The standard InChI is InChI=1S/C13H16BrNO3/c1-15-12(8-6-9(8)13(16)17)7-3-4-11(18-2)10(14)5-7/h3-5,8-9,12,15H,6H2,1-2H3,(H,16,17). The van der Waals surface area contributed by atoms with E-state index in [9.17, 15) is 4.79 Å². The molecule has 0 heterocycles. The molecule has 0 aliphatic heterocycles. The lowest BCUT2D eigenvalue weighted by atomic mass is 10.0. The topological polar surface area (TPSA) is 58.6 Å². The van der Waals surface area contributed by atoms with Crippen LogP contribution < -0.4 is 10.1 Å². The lowest BCUT2D eigenvalue weighted by molar-refractivity contribution is -0.138. The fraction of sp³-hybridized carbons (Fsp3) is 0.462. The summed E-state index contributed by atoms with van der Waals surface area (Å²) in [4.78, 5) is 10.9. The van der Waals surface area contributed by atoms with Gasteiger partial charge in [0.1, 0.15) is 5.75 Å². The van der Waals surface area contributed by atoms with Gasteiger partial charge in [-0.3, -0.25) is 4.79 Å². The van der Waals surface area contributed by atoms with Gasteiger partial charge in [0.25, 0.3) is 0 Å². The molecule has 0 aromatic heterocycles.